The molecule has 0 bridgehead atoms. The summed E-state index contributed by atoms with van der Waals surface area (Å²) in [5.74, 6) is 0.198. The zero-order chi connectivity index (χ0) is 20.6. The standard InChI is InChI=1S/C21H24FN3O3S/c1-24-10-8-16(9-11-24)23-20-14-18(4-5-19(20)22)29(26,27)25-12-7-15-13-17(28-2)3-6-21(15)25/h3-7,12-14,16,23H,8-11H2,1-2H3. The van der Waals surface area contributed by atoms with Gasteiger partial charge in [-0.3, -0.25) is 0 Å². The number of halogens is 1. The normalized spacial score (nSPS) is 16.2. The predicted octanol–water partition coefficient (Wildman–Crippen LogP) is 3.53. The van der Waals surface area contributed by atoms with E-state index < -0.39 is 15.8 Å². The number of piperidine rings is 1. The highest BCUT2D eigenvalue weighted by molar-refractivity contribution is 7.90. The molecule has 29 heavy (non-hydrogen) atoms. The van der Waals surface area contributed by atoms with Gasteiger partial charge in [0.25, 0.3) is 10.0 Å². The van der Waals surface area contributed by atoms with Crippen LogP contribution in [0.2, 0.25) is 0 Å². The molecule has 1 N–H and O–H groups in total. The topological polar surface area (TPSA) is 63.6 Å². The first-order valence-electron chi connectivity index (χ1n) is 9.54. The van der Waals surface area contributed by atoms with E-state index in [9.17, 15) is 12.8 Å². The van der Waals surface area contributed by atoms with Crippen molar-refractivity contribution in [2.24, 2.45) is 0 Å². The van der Waals surface area contributed by atoms with Crippen LogP contribution in [-0.2, 0) is 10.0 Å². The van der Waals surface area contributed by atoms with Crippen LogP contribution in [0.15, 0.2) is 53.6 Å². The van der Waals surface area contributed by atoms with E-state index in [2.05, 4.69) is 17.3 Å². The lowest BCUT2D eigenvalue weighted by molar-refractivity contribution is 0.263. The summed E-state index contributed by atoms with van der Waals surface area (Å²) in [5.41, 5.74) is 0.763. The third-order valence-corrected chi connectivity index (χ3v) is 7.12. The maximum absolute atomic E-state index is 14.4. The molecule has 0 spiro atoms. The molecular formula is C21H24FN3O3S. The smallest absolute Gasteiger partial charge is 0.268 e. The van der Waals surface area contributed by atoms with Gasteiger partial charge in [-0.15, -0.1) is 0 Å². The van der Waals surface area contributed by atoms with Crippen molar-refractivity contribution in [1.29, 1.82) is 0 Å². The van der Waals surface area contributed by atoms with E-state index in [-0.39, 0.29) is 16.6 Å². The average Bonchev–Trinajstić information content (AvgIpc) is 3.15. The fourth-order valence-electron chi connectivity index (χ4n) is 3.69. The molecule has 0 amide bonds. The lowest BCUT2D eigenvalue weighted by atomic mass is 10.1. The zero-order valence-corrected chi connectivity index (χ0v) is 17.2. The second-order valence-corrected chi connectivity index (χ2v) is 9.22. The summed E-state index contributed by atoms with van der Waals surface area (Å²) in [6, 6.07) is 10.9. The minimum absolute atomic E-state index is 0.0441. The van der Waals surface area contributed by atoms with Crippen molar-refractivity contribution in [2.45, 2.75) is 23.8 Å². The molecule has 1 saturated heterocycles. The number of hydrogen-bond donors (Lipinski definition) is 1. The van der Waals surface area contributed by atoms with Gasteiger partial charge in [-0.2, -0.15) is 0 Å². The fourth-order valence-corrected chi connectivity index (χ4v) is 5.07. The molecule has 0 saturated carbocycles. The van der Waals surface area contributed by atoms with Gasteiger partial charge in [0.1, 0.15) is 11.6 Å². The number of ether oxygens (including phenoxy) is 1. The number of benzene rings is 2. The molecule has 1 fully saturated rings. The minimum Gasteiger partial charge on any atom is -0.497 e. The molecule has 2 heterocycles. The van der Waals surface area contributed by atoms with E-state index >= 15 is 0 Å². The maximum atomic E-state index is 14.4. The van der Waals surface area contributed by atoms with Gasteiger partial charge in [0.15, 0.2) is 0 Å². The van der Waals surface area contributed by atoms with E-state index in [4.69, 9.17) is 4.74 Å². The van der Waals surface area contributed by atoms with Crippen LogP contribution in [-0.4, -0.2) is 50.6 Å². The monoisotopic (exact) mass is 417 g/mol. The van der Waals surface area contributed by atoms with E-state index in [0.717, 1.165) is 31.3 Å². The van der Waals surface area contributed by atoms with Gasteiger partial charge in [-0.1, -0.05) is 0 Å². The summed E-state index contributed by atoms with van der Waals surface area (Å²) >= 11 is 0. The van der Waals surface area contributed by atoms with Gasteiger partial charge in [0, 0.05) is 17.6 Å². The zero-order valence-electron chi connectivity index (χ0n) is 16.4. The largest absolute Gasteiger partial charge is 0.497 e. The molecule has 0 atom stereocenters. The van der Waals surface area contributed by atoms with Crippen molar-refractivity contribution in [3.63, 3.8) is 0 Å². The van der Waals surface area contributed by atoms with Crippen molar-refractivity contribution in [3.05, 3.63) is 54.5 Å². The summed E-state index contributed by atoms with van der Waals surface area (Å²) in [6.07, 6.45) is 3.28. The highest BCUT2D eigenvalue weighted by atomic mass is 32.2. The van der Waals surface area contributed by atoms with Crippen molar-refractivity contribution in [1.82, 2.24) is 8.87 Å². The van der Waals surface area contributed by atoms with Gasteiger partial charge >= 0.3 is 0 Å². The van der Waals surface area contributed by atoms with Crippen LogP contribution < -0.4 is 10.1 Å². The fraction of sp³-hybridized carbons (Fsp3) is 0.333. The Labute approximate surface area is 169 Å². The molecule has 2 aromatic carbocycles. The van der Waals surface area contributed by atoms with Crippen LogP contribution in [0.3, 0.4) is 0 Å². The Morgan fingerprint density at radius 2 is 1.86 bits per heavy atom. The molecule has 0 unspecified atom stereocenters. The SMILES string of the molecule is COc1ccc2c(ccn2S(=O)(=O)c2ccc(F)c(NC3CCN(C)CC3)c2)c1. The number of aromatic nitrogens is 1. The molecular weight excluding hydrogens is 393 g/mol. The van der Waals surface area contributed by atoms with E-state index in [1.807, 2.05) is 0 Å². The van der Waals surface area contributed by atoms with Gasteiger partial charge < -0.3 is 15.0 Å². The number of fused-ring (bicyclic) bond motifs is 1. The molecule has 0 radical (unpaired) electrons. The molecule has 154 valence electrons. The Morgan fingerprint density at radius 1 is 1.10 bits per heavy atom. The van der Waals surface area contributed by atoms with Crippen LogP contribution in [0.25, 0.3) is 10.9 Å². The van der Waals surface area contributed by atoms with Crippen molar-refractivity contribution < 1.29 is 17.5 Å². The van der Waals surface area contributed by atoms with E-state index in [0.29, 0.717) is 11.3 Å². The number of hydrogen-bond acceptors (Lipinski definition) is 5. The average molecular weight is 418 g/mol. The molecule has 1 aliphatic rings. The number of rotatable bonds is 5. The Morgan fingerprint density at radius 3 is 2.59 bits per heavy atom. The molecule has 8 heteroatoms. The Bertz CT molecular complexity index is 1140. The number of nitrogens with one attached hydrogen (secondary N) is 1. The Kier molecular flexibility index (Phi) is 5.23. The summed E-state index contributed by atoms with van der Waals surface area (Å²) in [7, 11) is -0.251. The summed E-state index contributed by atoms with van der Waals surface area (Å²) in [6.45, 7) is 1.85. The first-order valence-corrected chi connectivity index (χ1v) is 11.0. The molecule has 3 aromatic rings. The molecule has 1 aromatic heterocycles. The summed E-state index contributed by atoms with van der Waals surface area (Å²) in [4.78, 5) is 2.27. The Hall–Kier alpha value is -2.58. The second kappa shape index (κ2) is 7.68. The van der Waals surface area contributed by atoms with Crippen molar-refractivity contribution in [2.75, 3.05) is 32.6 Å². The molecule has 6 nitrogen and oxygen atoms in total. The van der Waals surface area contributed by atoms with Crippen LogP contribution >= 0.6 is 0 Å². The third kappa shape index (κ3) is 3.82. The molecule has 0 aliphatic carbocycles. The number of nitrogens with zero attached hydrogens (tertiary/aromatic N) is 2. The quantitative estimate of drug-likeness (QED) is 0.688. The summed E-state index contributed by atoms with van der Waals surface area (Å²) in [5, 5.41) is 3.94. The minimum atomic E-state index is -3.87. The van der Waals surface area contributed by atoms with Gasteiger partial charge in [-0.05, 0) is 75.4 Å². The highest BCUT2D eigenvalue weighted by Crippen LogP contribution is 2.28. The number of likely N-dealkylation sites (tertiary alicyclic amines) is 1. The second-order valence-electron chi connectivity index (χ2n) is 7.40. The van der Waals surface area contributed by atoms with Crippen molar-refractivity contribution in [3.8, 4) is 5.75 Å². The van der Waals surface area contributed by atoms with Crippen LogP contribution in [0.4, 0.5) is 10.1 Å². The van der Waals surface area contributed by atoms with Crippen LogP contribution in [0, 0.1) is 5.82 Å². The first-order chi connectivity index (χ1) is 13.9. The van der Waals surface area contributed by atoms with Crippen molar-refractivity contribution >= 4 is 26.6 Å². The molecule has 1 aliphatic heterocycles. The maximum Gasteiger partial charge on any atom is 0.268 e. The highest BCUT2D eigenvalue weighted by Gasteiger charge is 2.22. The lowest BCUT2D eigenvalue weighted by Gasteiger charge is -2.30. The number of anilines is 1. The van der Waals surface area contributed by atoms with E-state index in [1.54, 1.807) is 31.4 Å². The first kappa shape index (κ1) is 19.7. The predicted molar refractivity (Wildman–Crippen MR) is 112 cm³/mol. The number of methoxy groups -OCH3 is 1. The molecule has 4 rings (SSSR count). The van der Waals surface area contributed by atoms with Crippen LogP contribution in [0.1, 0.15) is 12.8 Å². The third-order valence-electron chi connectivity index (χ3n) is 5.43. The van der Waals surface area contributed by atoms with Gasteiger partial charge in [0.05, 0.1) is 23.2 Å². The lowest BCUT2D eigenvalue weighted by Crippen LogP contribution is -2.36. The van der Waals surface area contributed by atoms with Gasteiger partial charge in [0.2, 0.25) is 0 Å². The summed E-state index contributed by atoms with van der Waals surface area (Å²) < 4.78 is 47.3. The Balaban J connectivity index is 1.67. The van der Waals surface area contributed by atoms with Crippen LogP contribution in [0.5, 0.6) is 5.75 Å². The van der Waals surface area contributed by atoms with Gasteiger partial charge in [-0.25, -0.2) is 16.8 Å². The van der Waals surface area contributed by atoms with E-state index in [1.165, 1.54) is 28.4 Å².